The van der Waals surface area contributed by atoms with Gasteiger partial charge in [-0.3, -0.25) is 0 Å². The molecule has 0 N–H and O–H groups in total. The van der Waals surface area contributed by atoms with Gasteiger partial charge in [0.1, 0.15) is 0 Å². The molecule has 0 aromatic carbocycles. The third kappa shape index (κ3) is 9.22. The third-order valence-corrected chi connectivity index (χ3v) is 0.693. The summed E-state index contributed by atoms with van der Waals surface area (Å²) in [5.74, 6) is 23.7. The molecular weight excluding hydrogens is 169 g/mol. The van der Waals surface area contributed by atoms with Gasteiger partial charge in [0, 0.05) is 0 Å². The number of hydrogen-bond acceptors (Lipinski definition) is 1. The number of rotatable bonds is 0. The van der Waals surface area contributed by atoms with Gasteiger partial charge in [0.25, 0.3) is 0 Å². The molecule has 0 spiro atoms. The van der Waals surface area contributed by atoms with Crippen molar-refractivity contribution in [1.29, 1.82) is 1.34 Å². The van der Waals surface area contributed by atoms with E-state index in [2.05, 4.69) is 70.1 Å². The molecule has 0 aliphatic heterocycles. The monoisotopic (exact) mass is 172 g/mol. The summed E-state index contributed by atoms with van der Waals surface area (Å²) in [6.07, 6.45) is 4.86. The molecule has 0 radical (unpaired) electrons. The Morgan fingerprint density at radius 2 is 1.36 bits per heavy atom. The summed E-state index contributed by atoms with van der Waals surface area (Å²) in [4.78, 5) is 3.30. The van der Waals surface area contributed by atoms with E-state index in [4.69, 9.17) is 7.76 Å². The fourth-order valence-electron chi connectivity index (χ4n) is 0.315. The Labute approximate surface area is 86.2 Å². The maximum absolute atomic E-state index is 6.51. The summed E-state index contributed by atoms with van der Waals surface area (Å²) in [5.41, 5.74) is 0. The molecule has 0 aliphatic rings. The first kappa shape index (κ1) is 9.31. The van der Waals surface area contributed by atoms with E-state index < -0.39 is 0 Å². The Bertz CT molecular complexity index is 581. The van der Waals surface area contributed by atoms with Crippen molar-refractivity contribution in [2.75, 3.05) is 0 Å². The Kier molecular flexibility index (Phi) is 6.80. The van der Waals surface area contributed by atoms with Gasteiger partial charge in [-0.1, -0.05) is 0 Å². The zero-order chi connectivity index (χ0) is 11.2. The van der Waals surface area contributed by atoms with Crippen LogP contribution in [-0.2, 0) is 0 Å². The quantitative estimate of drug-likeness (QED) is 0.350. The molecule has 0 aromatic heterocycles. The summed E-state index contributed by atoms with van der Waals surface area (Å²) in [6, 6.07) is 2.26. The van der Waals surface area contributed by atoms with Gasteiger partial charge in [-0.15, -0.1) is 6.42 Å². The van der Waals surface area contributed by atoms with Gasteiger partial charge in [0.2, 0.25) is 0 Å². The van der Waals surface area contributed by atoms with Gasteiger partial charge < -0.3 is 0 Å². The molecule has 0 bridgehead atoms. The molecule has 0 unspecified atom stereocenters. The van der Waals surface area contributed by atoms with Crippen LogP contribution < -0.4 is 0 Å². The Balaban J connectivity index is 4.17. The second-order valence-corrected chi connectivity index (χ2v) is 1.51. The van der Waals surface area contributed by atoms with E-state index in [1.54, 1.807) is 0 Å². The standard InChI is InChI=1S/C12H2BN/c1-2-3-4-5-6-7-8-9-10-11-12-14-13/h1,13H/i13D. The van der Waals surface area contributed by atoms with Crippen LogP contribution in [0.4, 0.5) is 0 Å². The van der Waals surface area contributed by atoms with Crippen molar-refractivity contribution in [3.05, 3.63) is 0 Å². The molecule has 0 aliphatic carbocycles. The van der Waals surface area contributed by atoms with Crippen molar-refractivity contribution in [1.82, 2.24) is 0 Å². The minimum atomic E-state index is 0.829. The van der Waals surface area contributed by atoms with Crippen LogP contribution in [0.15, 0.2) is 4.90 Å². The number of terminal acetylenes is 1. The minimum absolute atomic E-state index is 0.829. The van der Waals surface area contributed by atoms with Crippen LogP contribution in [0.2, 0.25) is 0 Å². The van der Waals surface area contributed by atoms with E-state index in [0.29, 0.717) is 0 Å². The van der Waals surface area contributed by atoms with E-state index >= 15 is 0 Å². The van der Waals surface area contributed by atoms with Crippen molar-refractivity contribution < 1.29 is 0 Å². The van der Waals surface area contributed by atoms with Gasteiger partial charge in [-0.25, -0.2) is 0 Å². The van der Waals surface area contributed by atoms with Crippen LogP contribution in [0, 0.1) is 71.7 Å². The second kappa shape index (κ2) is 10.2. The molecule has 0 rings (SSSR count). The van der Waals surface area contributed by atoms with Crippen molar-refractivity contribution in [3.8, 4) is 71.7 Å². The second-order valence-electron chi connectivity index (χ2n) is 1.51. The van der Waals surface area contributed by atoms with Crippen LogP contribution >= 0.6 is 0 Å². The van der Waals surface area contributed by atoms with Crippen LogP contribution in [0.1, 0.15) is 0 Å². The molecule has 0 saturated carbocycles. The zero-order valence-corrected chi connectivity index (χ0v) is 7.10. The third-order valence-electron chi connectivity index (χ3n) is 0.693. The molecule has 0 fully saturated rings. The van der Waals surface area contributed by atoms with Crippen LogP contribution in [-0.4, -0.2) is 8.94 Å². The summed E-state index contributed by atoms with van der Waals surface area (Å²) in [5, 5.41) is 0. The molecule has 0 atom stereocenters. The summed E-state index contributed by atoms with van der Waals surface area (Å²) < 4.78 is 6.51. The Hall–Kier alpha value is -2.78. The molecule has 0 amide bonds. The number of hydrogen-bond donors (Lipinski definition) is 0. The number of nitrogens with zero attached hydrogens (tertiary/aromatic N) is 1. The molecule has 0 saturated heterocycles. The Morgan fingerprint density at radius 1 is 0.857 bits per heavy atom. The molecule has 14 heavy (non-hydrogen) atoms. The average Bonchev–Trinajstić information content (AvgIpc) is 2.26. The van der Waals surface area contributed by atoms with Crippen molar-refractivity contribution in [2.45, 2.75) is 0 Å². The van der Waals surface area contributed by atoms with Gasteiger partial charge >= 0.3 is 79.1 Å². The molecular formula is C12H2BN. The van der Waals surface area contributed by atoms with E-state index in [1.807, 2.05) is 0 Å². The van der Waals surface area contributed by atoms with E-state index in [9.17, 15) is 0 Å². The Morgan fingerprint density at radius 3 is 1.86 bits per heavy atom. The molecule has 0 heterocycles. The molecule has 1 nitrogen and oxygen atoms in total. The zero-order valence-electron chi connectivity index (χ0n) is 8.10. The average molecular weight is 172 g/mol. The topological polar surface area (TPSA) is 12.4 Å². The molecule has 0 aromatic rings. The van der Waals surface area contributed by atoms with Crippen LogP contribution in [0.5, 0.6) is 0 Å². The van der Waals surface area contributed by atoms with Gasteiger partial charge in [-0.05, 0) is 0 Å². The SMILES string of the molecule is [2H]B=NC#CC#CC#CC#CC#CC#C. The minimum Gasteiger partial charge on any atom is -0.106 e. The van der Waals surface area contributed by atoms with Gasteiger partial charge in [-0.2, -0.15) is 0 Å². The predicted molar refractivity (Wildman–Crippen MR) is 57.3 cm³/mol. The maximum atomic E-state index is 6.51. The first-order valence-corrected chi connectivity index (χ1v) is 3.27. The first-order valence-electron chi connectivity index (χ1n) is 3.85. The summed E-state index contributed by atoms with van der Waals surface area (Å²) in [7, 11) is 0.829. The van der Waals surface area contributed by atoms with Gasteiger partial charge in [0.15, 0.2) is 0 Å². The van der Waals surface area contributed by atoms with E-state index in [-0.39, 0.29) is 0 Å². The summed E-state index contributed by atoms with van der Waals surface area (Å²) >= 11 is 0. The fourth-order valence-corrected chi connectivity index (χ4v) is 0.315. The van der Waals surface area contributed by atoms with E-state index in [0.717, 1.165) is 7.60 Å². The predicted octanol–water partition coefficient (Wildman–Crippen LogP) is -0.322. The van der Waals surface area contributed by atoms with Crippen molar-refractivity contribution in [2.24, 2.45) is 4.90 Å². The van der Waals surface area contributed by atoms with Gasteiger partial charge in [0.05, 0.1) is 0 Å². The van der Waals surface area contributed by atoms with Crippen LogP contribution in [0.3, 0.4) is 0 Å². The van der Waals surface area contributed by atoms with Crippen molar-refractivity contribution >= 4 is 7.60 Å². The normalized spacial score (nSPS) is 5.21. The molecule has 58 valence electrons. The fraction of sp³-hybridized carbons (Fsp3) is 0. The van der Waals surface area contributed by atoms with Crippen LogP contribution in [0.25, 0.3) is 0 Å². The smallest absolute Gasteiger partial charge is 0.106 e. The van der Waals surface area contributed by atoms with Crippen molar-refractivity contribution in [3.63, 3.8) is 0 Å². The first-order chi connectivity index (χ1) is 7.41. The summed E-state index contributed by atoms with van der Waals surface area (Å²) in [6.45, 7) is 0. The van der Waals surface area contributed by atoms with E-state index in [1.165, 1.54) is 0 Å². The molecule has 2 heteroatoms.